The van der Waals surface area contributed by atoms with E-state index in [1.54, 1.807) is 30.5 Å². The van der Waals surface area contributed by atoms with Gasteiger partial charge in [-0.1, -0.05) is 36.4 Å². The highest BCUT2D eigenvalue weighted by atomic mass is 32.2. The van der Waals surface area contributed by atoms with Crippen molar-refractivity contribution < 1.29 is 13.2 Å². The molecule has 1 N–H and O–H groups in total. The maximum Gasteiger partial charge on any atom is 0.255 e. The van der Waals surface area contributed by atoms with E-state index < -0.39 is 10.0 Å². The second-order valence-electron chi connectivity index (χ2n) is 8.15. The Labute approximate surface area is 192 Å². The van der Waals surface area contributed by atoms with E-state index in [2.05, 4.69) is 16.4 Å². The van der Waals surface area contributed by atoms with Gasteiger partial charge in [-0.2, -0.15) is 0 Å². The lowest BCUT2D eigenvalue weighted by Gasteiger charge is -2.17. The lowest BCUT2D eigenvalue weighted by atomic mass is 10.0. The van der Waals surface area contributed by atoms with E-state index in [0.717, 1.165) is 27.6 Å². The number of aryl methyl sites for hydroxylation is 1. The zero-order valence-electron chi connectivity index (χ0n) is 18.2. The van der Waals surface area contributed by atoms with Crippen LogP contribution in [0.15, 0.2) is 79.0 Å². The molecule has 0 radical (unpaired) electrons. The van der Waals surface area contributed by atoms with E-state index in [1.165, 1.54) is 4.31 Å². The number of rotatable bonds is 4. The van der Waals surface area contributed by atoms with Crippen molar-refractivity contribution >= 4 is 38.1 Å². The molecule has 3 aromatic carbocycles. The summed E-state index contributed by atoms with van der Waals surface area (Å²) in [5.74, 6) is -0.0897. The number of hydrogen-bond donors (Lipinski definition) is 1. The van der Waals surface area contributed by atoms with Gasteiger partial charge in [0.1, 0.15) is 0 Å². The molecule has 1 amide bonds. The number of pyridine rings is 1. The Hall–Kier alpha value is -3.71. The topological polar surface area (TPSA) is 79.4 Å². The minimum absolute atomic E-state index is 0.163. The van der Waals surface area contributed by atoms with Crippen molar-refractivity contribution in [3.8, 4) is 11.3 Å². The monoisotopic (exact) mass is 457 g/mol. The highest BCUT2D eigenvalue weighted by Gasteiger charge is 2.28. The highest BCUT2D eigenvalue weighted by Crippen LogP contribution is 2.30. The zero-order chi connectivity index (χ0) is 23.0. The third-order valence-electron chi connectivity index (χ3n) is 5.95. The Morgan fingerprint density at radius 1 is 1.00 bits per heavy atom. The number of anilines is 2. The van der Waals surface area contributed by atoms with Crippen molar-refractivity contribution in [2.24, 2.45) is 0 Å². The van der Waals surface area contributed by atoms with Gasteiger partial charge in [-0.05, 0) is 60.7 Å². The van der Waals surface area contributed by atoms with E-state index in [-0.39, 0.29) is 11.7 Å². The van der Waals surface area contributed by atoms with E-state index in [4.69, 9.17) is 0 Å². The Bertz CT molecular complexity index is 1460. The molecular weight excluding hydrogens is 434 g/mol. The lowest BCUT2D eigenvalue weighted by molar-refractivity contribution is 0.102. The molecule has 7 heteroatoms. The van der Waals surface area contributed by atoms with Crippen molar-refractivity contribution in [2.75, 3.05) is 21.9 Å². The number of nitrogens with one attached hydrogen (secondary N) is 1. The van der Waals surface area contributed by atoms with E-state index in [9.17, 15) is 13.2 Å². The summed E-state index contributed by atoms with van der Waals surface area (Å²) in [5, 5.41) is 5.15. The highest BCUT2D eigenvalue weighted by molar-refractivity contribution is 7.93. The molecule has 0 bridgehead atoms. The molecule has 1 aliphatic rings. The minimum Gasteiger partial charge on any atom is -0.322 e. The normalized spacial score (nSPS) is 15.0. The maximum absolute atomic E-state index is 12.9. The number of benzene rings is 3. The molecule has 0 atom stereocenters. The quantitative estimate of drug-likeness (QED) is 0.468. The maximum atomic E-state index is 12.9. The van der Waals surface area contributed by atoms with Gasteiger partial charge in [0, 0.05) is 34.9 Å². The largest absolute Gasteiger partial charge is 0.322 e. The van der Waals surface area contributed by atoms with Crippen LogP contribution in [0.3, 0.4) is 0 Å². The molecule has 33 heavy (non-hydrogen) atoms. The molecule has 1 aliphatic heterocycles. The zero-order valence-corrected chi connectivity index (χ0v) is 19.0. The van der Waals surface area contributed by atoms with Gasteiger partial charge in [0.25, 0.3) is 5.91 Å². The number of carbonyl (C=O) groups is 1. The Kier molecular flexibility index (Phi) is 5.34. The molecule has 1 aromatic heterocycles. The third-order valence-corrected chi connectivity index (χ3v) is 7.82. The van der Waals surface area contributed by atoms with Crippen molar-refractivity contribution in [3.63, 3.8) is 0 Å². The van der Waals surface area contributed by atoms with Crippen LogP contribution in [0.4, 0.5) is 11.4 Å². The number of nitrogens with zero attached hydrogens (tertiary/aromatic N) is 2. The van der Waals surface area contributed by atoms with E-state index in [1.807, 2.05) is 49.4 Å². The van der Waals surface area contributed by atoms with E-state index >= 15 is 0 Å². The number of sulfonamides is 1. The fourth-order valence-corrected chi connectivity index (χ4v) is 5.72. The van der Waals surface area contributed by atoms with Crippen LogP contribution >= 0.6 is 0 Å². The minimum atomic E-state index is -3.25. The summed E-state index contributed by atoms with van der Waals surface area (Å²) in [4.78, 5) is 17.5. The van der Waals surface area contributed by atoms with Crippen LogP contribution in [0.25, 0.3) is 22.0 Å². The van der Waals surface area contributed by atoms with Gasteiger partial charge in [-0.15, -0.1) is 0 Å². The lowest BCUT2D eigenvalue weighted by Crippen LogP contribution is -2.25. The smallest absolute Gasteiger partial charge is 0.255 e. The first-order valence-electron chi connectivity index (χ1n) is 10.8. The third kappa shape index (κ3) is 4.07. The van der Waals surface area contributed by atoms with Gasteiger partial charge in [0.2, 0.25) is 10.0 Å². The first-order valence-corrected chi connectivity index (χ1v) is 12.4. The summed E-state index contributed by atoms with van der Waals surface area (Å²) >= 11 is 0. The second-order valence-corrected chi connectivity index (χ2v) is 10.2. The molecule has 2 heterocycles. The van der Waals surface area contributed by atoms with Crippen LogP contribution in [0, 0.1) is 6.92 Å². The van der Waals surface area contributed by atoms with Gasteiger partial charge < -0.3 is 5.32 Å². The van der Waals surface area contributed by atoms with Crippen LogP contribution in [0.1, 0.15) is 22.3 Å². The predicted molar refractivity (Wildman–Crippen MR) is 132 cm³/mol. The summed E-state index contributed by atoms with van der Waals surface area (Å²) < 4.78 is 25.7. The van der Waals surface area contributed by atoms with Crippen LogP contribution < -0.4 is 9.62 Å². The van der Waals surface area contributed by atoms with Crippen molar-refractivity contribution in [2.45, 2.75) is 13.3 Å². The summed E-state index contributed by atoms with van der Waals surface area (Å²) in [7, 11) is -3.25. The molecule has 0 aliphatic carbocycles. The molecule has 5 rings (SSSR count). The van der Waals surface area contributed by atoms with Crippen LogP contribution in [-0.4, -0.2) is 31.6 Å². The fourth-order valence-electron chi connectivity index (χ4n) is 4.16. The van der Waals surface area contributed by atoms with Crippen molar-refractivity contribution in [1.29, 1.82) is 0 Å². The van der Waals surface area contributed by atoms with Gasteiger partial charge in [-0.3, -0.25) is 14.1 Å². The first-order chi connectivity index (χ1) is 15.9. The molecule has 1 saturated heterocycles. The summed E-state index contributed by atoms with van der Waals surface area (Å²) in [6.07, 6.45) is 2.41. The SMILES string of the molecule is Cc1ccc(-c2nccc3ccccc23)cc1NC(=O)c1ccc(N2CCCS2(=O)=O)cc1. The number of aromatic nitrogens is 1. The first kappa shape index (κ1) is 21.2. The molecule has 0 saturated carbocycles. The Morgan fingerprint density at radius 3 is 2.55 bits per heavy atom. The predicted octanol–water partition coefficient (Wildman–Crippen LogP) is 5.00. The molecule has 6 nitrogen and oxygen atoms in total. The van der Waals surface area contributed by atoms with Crippen LogP contribution in [0.5, 0.6) is 0 Å². The number of amides is 1. The fraction of sp³-hybridized carbons (Fsp3) is 0.154. The molecule has 4 aromatic rings. The van der Waals surface area contributed by atoms with Crippen LogP contribution in [-0.2, 0) is 10.0 Å². The van der Waals surface area contributed by atoms with E-state index in [0.29, 0.717) is 29.9 Å². The molecule has 0 unspecified atom stereocenters. The van der Waals surface area contributed by atoms with Crippen molar-refractivity contribution in [3.05, 3.63) is 90.1 Å². The van der Waals surface area contributed by atoms with Crippen molar-refractivity contribution in [1.82, 2.24) is 4.98 Å². The van der Waals surface area contributed by atoms with Gasteiger partial charge in [0.05, 0.1) is 17.1 Å². The Morgan fingerprint density at radius 2 is 1.79 bits per heavy atom. The average molecular weight is 458 g/mol. The molecule has 0 spiro atoms. The van der Waals surface area contributed by atoms with Crippen LogP contribution in [0.2, 0.25) is 0 Å². The number of carbonyl (C=O) groups excluding carboxylic acids is 1. The standard InChI is InChI=1S/C26H23N3O3S/c1-18-7-8-21(25-23-6-3-2-5-19(23)13-14-27-25)17-24(18)28-26(30)20-9-11-22(12-10-20)29-15-4-16-33(29,31)32/h2-3,5-14,17H,4,15-16H2,1H3,(H,28,30). The Balaban J connectivity index is 1.41. The summed E-state index contributed by atoms with van der Waals surface area (Å²) in [6.45, 7) is 2.42. The molecule has 1 fully saturated rings. The number of hydrogen-bond acceptors (Lipinski definition) is 4. The number of fused-ring (bicyclic) bond motifs is 1. The molecular formula is C26H23N3O3S. The van der Waals surface area contributed by atoms with Gasteiger partial charge >= 0.3 is 0 Å². The summed E-state index contributed by atoms with van der Waals surface area (Å²) in [5.41, 5.74) is 4.47. The molecule has 166 valence electrons. The second kappa shape index (κ2) is 8.33. The average Bonchev–Trinajstić information content (AvgIpc) is 3.19. The summed E-state index contributed by atoms with van der Waals surface area (Å²) in [6, 6.07) is 22.6. The van der Waals surface area contributed by atoms with Gasteiger partial charge in [-0.25, -0.2) is 8.42 Å². The van der Waals surface area contributed by atoms with Gasteiger partial charge in [0.15, 0.2) is 0 Å².